The molecule has 0 radical (unpaired) electrons. The predicted molar refractivity (Wildman–Crippen MR) is 122 cm³/mol. The SMILES string of the molecule is CN1CCN(c2nc(Cl)c(Cl)c3c2C(=O)N2CCN(C(=O)OC(C)(C)C)C[C@@H]2CO3)CC1. The fourth-order valence-electron chi connectivity index (χ4n) is 4.16. The van der Waals surface area contributed by atoms with Crippen LogP contribution in [0.5, 0.6) is 5.75 Å². The van der Waals surface area contributed by atoms with E-state index in [1.807, 2.05) is 20.8 Å². The van der Waals surface area contributed by atoms with E-state index in [0.29, 0.717) is 31.0 Å². The minimum atomic E-state index is -0.590. The third kappa shape index (κ3) is 4.56. The third-order valence-corrected chi connectivity index (χ3v) is 6.59. The molecule has 0 aromatic carbocycles. The Hall–Kier alpha value is -1.97. The summed E-state index contributed by atoms with van der Waals surface area (Å²) in [5, 5.41) is 0.249. The summed E-state index contributed by atoms with van der Waals surface area (Å²) in [6.07, 6.45) is -0.396. The van der Waals surface area contributed by atoms with E-state index in [4.69, 9.17) is 32.7 Å². The zero-order valence-electron chi connectivity index (χ0n) is 18.9. The molecular formula is C21H29Cl2N5O4. The molecule has 0 spiro atoms. The number of ether oxygens (including phenoxy) is 2. The van der Waals surface area contributed by atoms with E-state index < -0.39 is 11.7 Å². The van der Waals surface area contributed by atoms with Crippen LogP contribution in [0, 0.1) is 0 Å². The standard InChI is InChI=1S/C21H29Cl2N5O4/c1-21(2,3)32-20(30)27-9-10-28-13(11-27)12-31-16-14(19(28)29)18(24-17(23)15(16)22)26-7-5-25(4)6-8-26/h13H,5-12H2,1-4H3/t13-/m1/s1. The normalized spacial score (nSPS) is 22.1. The molecule has 4 heterocycles. The maximum Gasteiger partial charge on any atom is 0.410 e. The van der Waals surface area contributed by atoms with Gasteiger partial charge < -0.3 is 29.1 Å². The fraction of sp³-hybridized carbons (Fsp3) is 0.667. The van der Waals surface area contributed by atoms with Crippen LogP contribution in [0.2, 0.25) is 10.2 Å². The van der Waals surface area contributed by atoms with Crippen molar-refractivity contribution < 1.29 is 19.1 Å². The number of carbonyl (C=O) groups is 2. The van der Waals surface area contributed by atoms with Gasteiger partial charge in [-0.25, -0.2) is 9.78 Å². The van der Waals surface area contributed by atoms with Gasteiger partial charge in [-0.05, 0) is 27.8 Å². The molecule has 11 heteroatoms. The van der Waals surface area contributed by atoms with E-state index >= 15 is 0 Å². The van der Waals surface area contributed by atoms with E-state index in [-0.39, 0.29) is 34.5 Å². The molecule has 9 nitrogen and oxygen atoms in total. The Morgan fingerprint density at radius 3 is 2.47 bits per heavy atom. The zero-order chi connectivity index (χ0) is 23.2. The predicted octanol–water partition coefficient (Wildman–Crippen LogP) is 2.59. The van der Waals surface area contributed by atoms with Gasteiger partial charge in [0.1, 0.15) is 28.6 Å². The van der Waals surface area contributed by atoms with Gasteiger partial charge in [-0.2, -0.15) is 0 Å². The second-order valence-electron chi connectivity index (χ2n) is 9.42. The van der Waals surface area contributed by atoms with Gasteiger partial charge >= 0.3 is 6.09 Å². The first-order valence-electron chi connectivity index (χ1n) is 10.8. The lowest BCUT2D eigenvalue weighted by Gasteiger charge is -2.40. The van der Waals surface area contributed by atoms with Crippen LogP contribution < -0.4 is 9.64 Å². The highest BCUT2D eigenvalue weighted by Gasteiger charge is 2.41. The van der Waals surface area contributed by atoms with Crippen molar-refractivity contribution in [2.24, 2.45) is 0 Å². The van der Waals surface area contributed by atoms with Crippen LogP contribution in [0.1, 0.15) is 31.1 Å². The number of carbonyl (C=O) groups excluding carboxylic acids is 2. The van der Waals surface area contributed by atoms with E-state index in [9.17, 15) is 9.59 Å². The number of rotatable bonds is 1. The molecule has 0 saturated carbocycles. The van der Waals surface area contributed by atoms with E-state index in [0.717, 1.165) is 26.2 Å². The van der Waals surface area contributed by atoms with Gasteiger partial charge in [0, 0.05) is 45.8 Å². The fourth-order valence-corrected chi connectivity index (χ4v) is 4.52. The number of amides is 2. The molecule has 0 N–H and O–H groups in total. The van der Waals surface area contributed by atoms with Gasteiger partial charge in [-0.1, -0.05) is 23.2 Å². The summed E-state index contributed by atoms with van der Waals surface area (Å²) in [7, 11) is 2.06. The Kier molecular flexibility index (Phi) is 6.35. The summed E-state index contributed by atoms with van der Waals surface area (Å²) in [5.41, 5.74) is -0.245. The Morgan fingerprint density at radius 1 is 1.12 bits per heavy atom. The van der Waals surface area contributed by atoms with Crippen molar-refractivity contribution in [3.8, 4) is 5.75 Å². The maximum absolute atomic E-state index is 13.7. The van der Waals surface area contributed by atoms with Crippen molar-refractivity contribution in [2.45, 2.75) is 32.4 Å². The number of halogens is 2. The van der Waals surface area contributed by atoms with Gasteiger partial charge in [-0.15, -0.1) is 0 Å². The Balaban J connectivity index is 1.62. The largest absolute Gasteiger partial charge is 0.489 e. The number of hydrogen-bond donors (Lipinski definition) is 0. The molecule has 2 saturated heterocycles. The monoisotopic (exact) mass is 485 g/mol. The summed E-state index contributed by atoms with van der Waals surface area (Å²) in [4.78, 5) is 38.4. The minimum absolute atomic E-state index is 0.113. The van der Waals surface area contributed by atoms with Crippen molar-refractivity contribution in [2.75, 3.05) is 64.4 Å². The van der Waals surface area contributed by atoms with Crippen molar-refractivity contribution >= 4 is 41.0 Å². The lowest BCUT2D eigenvalue weighted by molar-refractivity contribution is 0.000954. The van der Waals surface area contributed by atoms with Crippen LogP contribution in [0.25, 0.3) is 0 Å². The highest BCUT2D eigenvalue weighted by Crippen LogP contribution is 2.42. The smallest absolute Gasteiger partial charge is 0.410 e. The van der Waals surface area contributed by atoms with E-state index in [2.05, 4.69) is 21.8 Å². The van der Waals surface area contributed by atoms with Gasteiger partial charge in [0.15, 0.2) is 10.9 Å². The van der Waals surface area contributed by atoms with Crippen LogP contribution in [-0.4, -0.2) is 103 Å². The molecule has 4 rings (SSSR count). The molecule has 32 heavy (non-hydrogen) atoms. The quantitative estimate of drug-likeness (QED) is 0.565. The number of piperazine rings is 2. The molecule has 0 aliphatic carbocycles. The molecule has 0 unspecified atom stereocenters. The van der Waals surface area contributed by atoms with E-state index in [1.165, 1.54) is 0 Å². The van der Waals surface area contributed by atoms with E-state index in [1.54, 1.807) is 9.80 Å². The summed E-state index contributed by atoms with van der Waals surface area (Å²) < 4.78 is 11.5. The van der Waals surface area contributed by atoms with Gasteiger partial charge in [0.05, 0.1) is 6.04 Å². The van der Waals surface area contributed by atoms with Crippen molar-refractivity contribution in [1.29, 1.82) is 0 Å². The Morgan fingerprint density at radius 2 is 1.81 bits per heavy atom. The second-order valence-corrected chi connectivity index (χ2v) is 10.2. The highest BCUT2D eigenvalue weighted by atomic mass is 35.5. The lowest BCUT2D eigenvalue weighted by atomic mass is 10.1. The summed E-state index contributed by atoms with van der Waals surface area (Å²) >= 11 is 12.8. The molecule has 176 valence electrons. The van der Waals surface area contributed by atoms with Crippen molar-refractivity contribution in [1.82, 2.24) is 19.7 Å². The van der Waals surface area contributed by atoms with Crippen LogP contribution in [-0.2, 0) is 4.74 Å². The number of hydrogen-bond acceptors (Lipinski definition) is 7. The number of nitrogens with zero attached hydrogens (tertiary/aromatic N) is 5. The molecule has 1 atom stereocenters. The topological polar surface area (TPSA) is 78.5 Å². The molecular weight excluding hydrogens is 457 g/mol. The minimum Gasteiger partial charge on any atom is -0.489 e. The maximum atomic E-state index is 13.7. The lowest BCUT2D eigenvalue weighted by Crippen LogP contribution is -2.58. The number of aromatic nitrogens is 1. The zero-order valence-corrected chi connectivity index (χ0v) is 20.4. The summed E-state index contributed by atoms with van der Waals surface area (Å²) in [5.74, 6) is 0.567. The number of likely N-dealkylation sites (N-methyl/N-ethyl adjacent to an activating group) is 1. The summed E-state index contributed by atoms with van der Waals surface area (Å²) in [6.45, 7) is 9.88. The number of pyridine rings is 1. The first-order chi connectivity index (χ1) is 15.0. The highest BCUT2D eigenvalue weighted by molar-refractivity contribution is 6.42. The molecule has 3 aliphatic heterocycles. The van der Waals surface area contributed by atoms with Crippen LogP contribution >= 0.6 is 23.2 Å². The average Bonchev–Trinajstić information content (AvgIpc) is 2.87. The molecule has 2 amide bonds. The van der Waals surface area contributed by atoms with Crippen LogP contribution in [0.4, 0.5) is 10.6 Å². The van der Waals surface area contributed by atoms with Crippen LogP contribution in [0.3, 0.4) is 0 Å². The number of anilines is 1. The van der Waals surface area contributed by atoms with Crippen LogP contribution in [0.15, 0.2) is 0 Å². The molecule has 2 fully saturated rings. The molecule has 3 aliphatic rings. The Bertz CT molecular complexity index is 914. The van der Waals surface area contributed by atoms with Gasteiger partial charge in [-0.3, -0.25) is 4.79 Å². The van der Waals surface area contributed by atoms with Crippen molar-refractivity contribution in [3.05, 3.63) is 15.7 Å². The summed E-state index contributed by atoms with van der Waals surface area (Å²) in [6, 6.07) is -0.327. The van der Waals surface area contributed by atoms with Gasteiger partial charge in [0.25, 0.3) is 5.91 Å². The molecule has 0 bridgehead atoms. The average molecular weight is 486 g/mol. The first kappa shape index (κ1) is 23.2. The second kappa shape index (κ2) is 8.76. The molecule has 1 aromatic rings. The van der Waals surface area contributed by atoms with Gasteiger partial charge in [0.2, 0.25) is 0 Å². The first-order valence-corrected chi connectivity index (χ1v) is 11.5. The third-order valence-electron chi connectivity index (χ3n) is 5.87. The Labute approximate surface area is 198 Å². The number of fused-ring (bicyclic) bond motifs is 2. The molecule has 1 aromatic heterocycles. The van der Waals surface area contributed by atoms with Crippen molar-refractivity contribution in [3.63, 3.8) is 0 Å².